The van der Waals surface area contributed by atoms with Crippen molar-refractivity contribution in [3.05, 3.63) is 47.9 Å². The van der Waals surface area contributed by atoms with E-state index in [1.165, 1.54) is 12.3 Å². The van der Waals surface area contributed by atoms with E-state index in [1.54, 1.807) is 24.3 Å². The van der Waals surface area contributed by atoms with Gasteiger partial charge in [0.05, 0.1) is 6.26 Å². The van der Waals surface area contributed by atoms with Crippen LogP contribution >= 0.6 is 0 Å². The van der Waals surface area contributed by atoms with Crippen LogP contribution in [0.1, 0.15) is 22.4 Å². The fourth-order valence-electron chi connectivity index (χ4n) is 1.66. The van der Waals surface area contributed by atoms with Crippen molar-refractivity contribution in [2.45, 2.75) is 6.29 Å². The van der Waals surface area contributed by atoms with Crippen molar-refractivity contribution in [1.29, 1.82) is 0 Å². The van der Waals surface area contributed by atoms with Crippen molar-refractivity contribution >= 4 is 5.97 Å². The summed E-state index contributed by atoms with van der Waals surface area (Å²) >= 11 is 0. The second-order valence-corrected chi connectivity index (χ2v) is 3.52. The number of phenolic OH excluding ortho intramolecular Hbond substituents is 1. The molecule has 5 nitrogen and oxygen atoms in total. The molecule has 0 radical (unpaired) electrons. The number of hydrogen-bond donors (Lipinski definition) is 1. The Morgan fingerprint density at radius 2 is 2.00 bits per heavy atom. The van der Waals surface area contributed by atoms with Crippen LogP contribution in [0.15, 0.2) is 41.0 Å². The van der Waals surface area contributed by atoms with Crippen LogP contribution in [0.4, 0.5) is 0 Å². The zero-order chi connectivity index (χ0) is 11.8. The summed E-state index contributed by atoms with van der Waals surface area (Å²) in [6, 6.07) is 7.89. The van der Waals surface area contributed by atoms with Crippen LogP contribution in [-0.4, -0.2) is 11.1 Å². The number of esters is 1. The molecule has 0 bridgehead atoms. The summed E-state index contributed by atoms with van der Waals surface area (Å²) in [7, 11) is 0. The first-order valence-electron chi connectivity index (χ1n) is 4.99. The van der Waals surface area contributed by atoms with Crippen molar-refractivity contribution in [2.75, 3.05) is 0 Å². The number of furan rings is 1. The lowest BCUT2D eigenvalue weighted by Gasteiger charge is -2.24. The molecule has 0 spiro atoms. The zero-order valence-electron chi connectivity index (χ0n) is 8.62. The quantitative estimate of drug-likeness (QED) is 0.763. The Kier molecular flexibility index (Phi) is 2.04. The van der Waals surface area contributed by atoms with Gasteiger partial charge in [0.1, 0.15) is 17.1 Å². The lowest BCUT2D eigenvalue weighted by atomic mass is 10.1. The Morgan fingerprint density at radius 1 is 1.12 bits per heavy atom. The molecule has 2 aromatic rings. The maximum atomic E-state index is 11.7. The topological polar surface area (TPSA) is 68.9 Å². The number of fused-ring (bicyclic) bond motifs is 1. The minimum Gasteiger partial charge on any atom is -0.507 e. The predicted molar refractivity (Wildman–Crippen MR) is 55.6 cm³/mol. The summed E-state index contributed by atoms with van der Waals surface area (Å²) in [6.07, 6.45) is 0.552. The van der Waals surface area contributed by atoms with Gasteiger partial charge in [0.25, 0.3) is 0 Å². The molecule has 1 N–H and O–H groups in total. The largest absolute Gasteiger partial charge is 0.507 e. The Balaban J connectivity index is 2.02. The summed E-state index contributed by atoms with van der Waals surface area (Å²) < 4.78 is 15.6. The number of benzene rings is 1. The van der Waals surface area contributed by atoms with E-state index in [0.717, 1.165) is 0 Å². The van der Waals surface area contributed by atoms with Gasteiger partial charge in [-0.05, 0) is 24.3 Å². The number of cyclic esters (lactones) is 1. The van der Waals surface area contributed by atoms with Crippen molar-refractivity contribution in [1.82, 2.24) is 0 Å². The van der Waals surface area contributed by atoms with Gasteiger partial charge in [0, 0.05) is 0 Å². The molecule has 1 unspecified atom stereocenters. The average Bonchev–Trinajstić information content (AvgIpc) is 2.81. The Morgan fingerprint density at radius 3 is 2.76 bits per heavy atom. The van der Waals surface area contributed by atoms with E-state index < -0.39 is 12.3 Å². The highest BCUT2D eigenvalue weighted by Crippen LogP contribution is 2.37. The molecule has 2 heterocycles. The Hall–Kier alpha value is -2.43. The van der Waals surface area contributed by atoms with E-state index in [0.29, 0.717) is 5.76 Å². The molecule has 0 saturated heterocycles. The van der Waals surface area contributed by atoms with Crippen molar-refractivity contribution in [3.8, 4) is 11.5 Å². The SMILES string of the molecule is O=C1OC(c2ccco2)Oc2cccc(O)c21. The number of ether oxygens (including phenoxy) is 2. The van der Waals surface area contributed by atoms with Gasteiger partial charge in [0.2, 0.25) is 0 Å². The van der Waals surface area contributed by atoms with Gasteiger partial charge in [-0.3, -0.25) is 0 Å². The van der Waals surface area contributed by atoms with Crippen molar-refractivity contribution < 1.29 is 23.8 Å². The van der Waals surface area contributed by atoms with Gasteiger partial charge < -0.3 is 19.0 Å². The minimum atomic E-state index is -0.910. The highest BCUT2D eigenvalue weighted by Gasteiger charge is 2.32. The molecule has 5 heteroatoms. The van der Waals surface area contributed by atoms with E-state index >= 15 is 0 Å². The van der Waals surface area contributed by atoms with Crippen LogP contribution in [0, 0.1) is 0 Å². The summed E-state index contributed by atoms with van der Waals surface area (Å²) in [5, 5.41) is 9.54. The number of hydrogen-bond acceptors (Lipinski definition) is 5. The molecule has 1 atom stereocenters. The smallest absolute Gasteiger partial charge is 0.349 e. The molecule has 1 aliphatic heterocycles. The first-order chi connectivity index (χ1) is 8.25. The molecule has 1 aromatic carbocycles. The van der Waals surface area contributed by atoms with Gasteiger partial charge in [-0.2, -0.15) is 0 Å². The molecular weight excluding hydrogens is 224 g/mol. The van der Waals surface area contributed by atoms with Crippen LogP contribution in [0.3, 0.4) is 0 Å². The normalized spacial score (nSPS) is 18.1. The molecule has 1 aromatic heterocycles. The summed E-state index contributed by atoms with van der Waals surface area (Å²) in [5.74, 6) is -0.119. The summed E-state index contributed by atoms with van der Waals surface area (Å²) in [6.45, 7) is 0. The standard InChI is InChI=1S/C12H8O5/c13-7-3-1-4-8-10(7)11(14)17-12(16-8)9-5-2-6-15-9/h1-6,12-13H. The van der Waals surface area contributed by atoms with Crippen molar-refractivity contribution in [3.63, 3.8) is 0 Å². The van der Waals surface area contributed by atoms with E-state index in [1.807, 2.05) is 0 Å². The monoisotopic (exact) mass is 232 g/mol. The van der Waals surface area contributed by atoms with E-state index in [2.05, 4.69) is 0 Å². The summed E-state index contributed by atoms with van der Waals surface area (Å²) in [5.41, 5.74) is 0.0373. The molecule has 0 amide bonds. The maximum absolute atomic E-state index is 11.7. The lowest BCUT2D eigenvalue weighted by molar-refractivity contribution is -0.0734. The highest BCUT2D eigenvalue weighted by atomic mass is 16.7. The first-order valence-corrected chi connectivity index (χ1v) is 4.99. The fraction of sp³-hybridized carbons (Fsp3) is 0.0833. The third-order valence-corrected chi connectivity index (χ3v) is 2.43. The van der Waals surface area contributed by atoms with Crippen LogP contribution in [0.2, 0.25) is 0 Å². The van der Waals surface area contributed by atoms with Crippen LogP contribution < -0.4 is 4.74 Å². The molecule has 0 saturated carbocycles. The van der Waals surface area contributed by atoms with Crippen LogP contribution in [-0.2, 0) is 4.74 Å². The van der Waals surface area contributed by atoms with E-state index in [9.17, 15) is 9.90 Å². The van der Waals surface area contributed by atoms with Gasteiger partial charge in [-0.15, -0.1) is 0 Å². The highest BCUT2D eigenvalue weighted by molar-refractivity contribution is 5.96. The Bertz CT molecular complexity index is 558. The molecular formula is C12H8O5. The second-order valence-electron chi connectivity index (χ2n) is 3.52. The number of aromatic hydroxyl groups is 1. The maximum Gasteiger partial charge on any atom is 0.349 e. The number of phenols is 1. The fourth-order valence-corrected chi connectivity index (χ4v) is 1.66. The Labute approximate surface area is 96.2 Å². The molecule has 86 valence electrons. The predicted octanol–water partition coefficient (Wildman–Crippen LogP) is 2.23. The third kappa shape index (κ3) is 1.52. The van der Waals surface area contributed by atoms with Crippen LogP contribution in [0.25, 0.3) is 0 Å². The number of carbonyl (C=O) groups excluding carboxylic acids is 1. The van der Waals surface area contributed by atoms with Gasteiger partial charge in [0.15, 0.2) is 5.76 Å². The number of rotatable bonds is 1. The molecule has 3 rings (SSSR count). The lowest BCUT2D eigenvalue weighted by Crippen LogP contribution is -2.23. The van der Waals surface area contributed by atoms with Crippen LogP contribution in [0.5, 0.6) is 11.5 Å². The second kappa shape index (κ2) is 3.55. The van der Waals surface area contributed by atoms with Crippen molar-refractivity contribution in [2.24, 2.45) is 0 Å². The molecule has 0 fully saturated rings. The molecule has 0 aliphatic carbocycles. The van der Waals surface area contributed by atoms with E-state index in [4.69, 9.17) is 13.9 Å². The molecule has 17 heavy (non-hydrogen) atoms. The minimum absolute atomic E-state index is 0.0373. The summed E-state index contributed by atoms with van der Waals surface area (Å²) in [4.78, 5) is 11.7. The van der Waals surface area contributed by atoms with Gasteiger partial charge in [-0.1, -0.05) is 6.07 Å². The van der Waals surface area contributed by atoms with Gasteiger partial charge in [-0.25, -0.2) is 4.79 Å². The van der Waals surface area contributed by atoms with Gasteiger partial charge >= 0.3 is 12.3 Å². The average molecular weight is 232 g/mol. The van der Waals surface area contributed by atoms with E-state index in [-0.39, 0.29) is 17.1 Å². The third-order valence-electron chi connectivity index (χ3n) is 2.43. The first kappa shape index (κ1) is 9.77. The number of carbonyl (C=O) groups is 1. The zero-order valence-corrected chi connectivity index (χ0v) is 8.62. The molecule has 1 aliphatic rings.